The molecule has 124 valence electrons. The second kappa shape index (κ2) is 8.21. The van der Waals surface area contributed by atoms with Gasteiger partial charge in [0.2, 0.25) is 0 Å². The Labute approximate surface area is 147 Å². The van der Waals surface area contributed by atoms with Gasteiger partial charge in [-0.15, -0.1) is 23.5 Å². The third kappa shape index (κ3) is 3.92. The molecule has 1 aromatic rings. The van der Waals surface area contributed by atoms with Gasteiger partial charge in [-0.2, -0.15) is 0 Å². The summed E-state index contributed by atoms with van der Waals surface area (Å²) in [6, 6.07) is 4.96. The van der Waals surface area contributed by atoms with Gasteiger partial charge in [0.15, 0.2) is 0 Å². The lowest BCUT2D eigenvalue weighted by molar-refractivity contribution is -0.120. The summed E-state index contributed by atoms with van der Waals surface area (Å²) in [5.41, 5.74) is 1.21. The van der Waals surface area contributed by atoms with Crippen molar-refractivity contribution in [3.63, 3.8) is 0 Å². The van der Waals surface area contributed by atoms with Gasteiger partial charge in [0, 0.05) is 16.5 Å². The summed E-state index contributed by atoms with van der Waals surface area (Å²) in [7, 11) is 0. The minimum atomic E-state index is -0.403. The van der Waals surface area contributed by atoms with E-state index >= 15 is 0 Å². The Morgan fingerprint density at radius 1 is 1.04 bits per heavy atom. The number of hydrogen-bond acceptors (Lipinski definition) is 6. The molecule has 2 amide bonds. The second-order valence-electron chi connectivity index (χ2n) is 4.68. The molecule has 23 heavy (non-hydrogen) atoms. The quantitative estimate of drug-likeness (QED) is 0.713. The van der Waals surface area contributed by atoms with E-state index in [0.29, 0.717) is 32.0 Å². The molecular weight excluding hydrogens is 358 g/mol. The standard InChI is InChI=1S/C15H16ClNO4S2/c1-9-8-10(16)2-3-11(9)17-14(20)12(22-6-4-18)13(15(17)21)23-7-5-19/h2-3,8,18-19H,4-7H2,1H3. The van der Waals surface area contributed by atoms with E-state index in [1.54, 1.807) is 25.1 Å². The van der Waals surface area contributed by atoms with Crippen LogP contribution in [-0.4, -0.2) is 46.7 Å². The number of nitrogens with zero attached hydrogens (tertiary/aromatic N) is 1. The van der Waals surface area contributed by atoms with Crippen LogP contribution in [0.1, 0.15) is 5.56 Å². The summed E-state index contributed by atoms with van der Waals surface area (Å²) in [6.07, 6.45) is 0. The Morgan fingerprint density at radius 3 is 2.00 bits per heavy atom. The molecule has 1 heterocycles. The smallest absolute Gasteiger partial charge is 0.273 e. The summed E-state index contributed by atoms with van der Waals surface area (Å²) in [4.78, 5) is 27.1. The lowest BCUT2D eigenvalue weighted by Gasteiger charge is -2.17. The fraction of sp³-hybridized carbons (Fsp3) is 0.333. The molecule has 0 aliphatic carbocycles. The first-order chi connectivity index (χ1) is 11.0. The highest BCUT2D eigenvalue weighted by atomic mass is 35.5. The zero-order chi connectivity index (χ0) is 17.0. The van der Waals surface area contributed by atoms with Gasteiger partial charge < -0.3 is 10.2 Å². The van der Waals surface area contributed by atoms with Gasteiger partial charge in [-0.1, -0.05) is 11.6 Å². The molecule has 0 aromatic heterocycles. The van der Waals surface area contributed by atoms with Crippen LogP contribution in [0.4, 0.5) is 5.69 Å². The van der Waals surface area contributed by atoms with Crippen LogP contribution >= 0.6 is 35.1 Å². The molecule has 0 spiro atoms. The lowest BCUT2D eigenvalue weighted by atomic mass is 10.2. The van der Waals surface area contributed by atoms with Crippen molar-refractivity contribution < 1.29 is 19.8 Å². The molecule has 5 nitrogen and oxygen atoms in total. The number of carbonyl (C=O) groups excluding carboxylic acids is 2. The number of aliphatic hydroxyl groups excluding tert-OH is 2. The maximum absolute atomic E-state index is 12.7. The van der Waals surface area contributed by atoms with Crippen LogP contribution in [0.25, 0.3) is 0 Å². The molecule has 0 fully saturated rings. The van der Waals surface area contributed by atoms with E-state index in [1.807, 2.05) is 0 Å². The highest BCUT2D eigenvalue weighted by Crippen LogP contribution is 2.39. The number of thioether (sulfide) groups is 2. The first kappa shape index (κ1) is 18.4. The van der Waals surface area contributed by atoms with E-state index in [0.717, 1.165) is 34.0 Å². The van der Waals surface area contributed by atoms with Gasteiger partial charge in [0.05, 0.1) is 28.7 Å². The number of anilines is 1. The van der Waals surface area contributed by atoms with Crippen LogP contribution < -0.4 is 4.90 Å². The molecule has 1 aliphatic rings. The maximum Gasteiger partial charge on any atom is 0.273 e. The van der Waals surface area contributed by atoms with Gasteiger partial charge in [-0.25, -0.2) is 4.90 Å². The molecule has 8 heteroatoms. The molecule has 1 aliphatic heterocycles. The summed E-state index contributed by atoms with van der Waals surface area (Å²) in [5.74, 6) is -0.158. The van der Waals surface area contributed by atoms with Crippen molar-refractivity contribution >= 4 is 52.6 Å². The largest absolute Gasteiger partial charge is 0.396 e. The first-order valence-corrected chi connectivity index (χ1v) is 9.22. The Hall–Kier alpha value is -0.990. The van der Waals surface area contributed by atoms with Crippen LogP contribution in [0.15, 0.2) is 28.0 Å². The normalized spacial score (nSPS) is 15.0. The molecule has 0 unspecified atom stereocenters. The molecule has 0 saturated heterocycles. The van der Waals surface area contributed by atoms with Crippen LogP contribution in [0.5, 0.6) is 0 Å². The van der Waals surface area contributed by atoms with E-state index in [4.69, 9.17) is 21.8 Å². The SMILES string of the molecule is Cc1cc(Cl)ccc1N1C(=O)C(SCCO)=C(SCCO)C1=O. The summed E-state index contributed by atoms with van der Waals surface area (Å²) >= 11 is 8.23. The van der Waals surface area contributed by atoms with Crippen molar-refractivity contribution in [2.24, 2.45) is 0 Å². The number of benzene rings is 1. The lowest BCUT2D eigenvalue weighted by Crippen LogP contribution is -2.32. The average molecular weight is 374 g/mol. The molecule has 0 atom stereocenters. The van der Waals surface area contributed by atoms with Crippen LogP contribution in [0, 0.1) is 6.92 Å². The van der Waals surface area contributed by atoms with Crippen molar-refractivity contribution in [1.29, 1.82) is 0 Å². The van der Waals surface area contributed by atoms with Gasteiger partial charge in [-0.3, -0.25) is 9.59 Å². The molecule has 0 bridgehead atoms. The Balaban J connectivity index is 2.38. The van der Waals surface area contributed by atoms with Crippen molar-refractivity contribution in [1.82, 2.24) is 0 Å². The molecular formula is C15H16ClNO4S2. The highest BCUT2D eigenvalue weighted by Gasteiger charge is 2.40. The zero-order valence-corrected chi connectivity index (χ0v) is 14.8. The van der Waals surface area contributed by atoms with Crippen molar-refractivity contribution in [3.05, 3.63) is 38.6 Å². The number of aryl methyl sites for hydroxylation is 1. The number of carbonyl (C=O) groups is 2. The predicted molar refractivity (Wildman–Crippen MR) is 94.8 cm³/mol. The second-order valence-corrected chi connectivity index (χ2v) is 7.33. The van der Waals surface area contributed by atoms with Crippen LogP contribution in [-0.2, 0) is 9.59 Å². The van der Waals surface area contributed by atoms with E-state index in [1.165, 1.54) is 0 Å². The van der Waals surface area contributed by atoms with Crippen molar-refractivity contribution in [2.45, 2.75) is 6.92 Å². The third-order valence-corrected chi connectivity index (χ3v) is 5.55. The monoisotopic (exact) mass is 373 g/mol. The van der Waals surface area contributed by atoms with Crippen molar-refractivity contribution in [2.75, 3.05) is 29.6 Å². The fourth-order valence-corrected chi connectivity index (χ4v) is 4.17. The Morgan fingerprint density at radius 2 is 1.57 bits per heavy atom. The summed E-state index contributed by atoms with van der Waals surface area (Å²) in [6.45, 7) is 1.60. The number of halogens is 1. The number of hydrogen-bond donors (Lipinski definition) is 2. The minimum Gasteiger partial charge on any atom is -0.396 e. The first-order valence-electron chi connectivity index (χ1n) is 6.87. The zero-order valence-electron chi connectivity index (χ0n) is 12.4. The van der Waals surface area contributed by atoms with Crippen molar-refractivity contribution in [3.8, 4) is 0 Å². The van der Waals surface area contributed by atoms with Gasteiger partial charge in [-0.05, 0) is 30.7 Å². The average Bonchev–Trinajstić information content (AvgIpc) is 2.74. The minimum absolute atomic E-state index is 0.0897. The predicted octanol–water partition coefficient (Wildman–Crippen LogP) is 2.18. The molecule has 0 saturated carbocycles. The number of imide groups is 1. The Kier molecular flexibility index (Phi) is 6.55. The van der Waals surface area contributed by atoms with Gasteiger partial charge in [0.1, 0.15) is 0 Å². The summed E-state index contributed by atoms with van der Waals surface area (Å²) in [5, 5.41) is 18.5. The number of aliphatic hydroxyl groups is 2. The van der Waals surface area contributed by atoms with Crippen LogP contribution in [0.3, 0.4) is 0 Å². The molecule has 1 aromatic carbocycles. The van der Waals surface area contributed by atoms with Crippen LogP contribution in [0.2, 0.25) is 5.02 Å². The van der Waals surface area contributed by atoms with E-state index in [9.17, 15) is 9.59 Å². The molecule has 2 N–H and O–H groups in total. The maximum atomic E-state index is 12.7. The summed E-state index contributed by atoms with van der Waals surface area (Å²) < 4.78 is 0. The van der Waals surface area contributed by atoms with E-state index in [2.05, 4.69) is 0 Å². The highest BCUT2D eigenvalue weighted by molar-refractivity contribution is 8.08. The van der Waals surface area contributed by atoms with E-state index in [-0.39, 0.29) is 13.2 Å². The van der Waals surface area contributed by atoms with Gasteiger partial charge >= 0.3 is 0 Å². The fourth-order valence-electron chi connectivity index (χ4n) is 2.13. The molecule has 2 rings (SSSR count). The van der Waals surface area contributed by atoms with E-state index < -0.39 is 11.8 Å². The number of amides is 2. The molecule has 0 radical (unpaired) electrons. The van der Waals surface area contributed by atoms with Gasteiger partial charge in [0.25, 0.3) is 11.8 Å². The Bertz CT molecular complexity index is 633. The topological polar surface area (TPSA) is 77.8 Å². The number of rotatable bonds is 7. The third-order valence-electron chi connectivity index (χ3n) is 3.08.